The molecule has 0 atom stereocenters. The Morgan fingerprint density at radius 3 is 2.35 bits per heavy atom. The normalized spacial score (nSPS) is 10.7. The second-order valence-electron chi connectivity index (χ2n) is 5.30. The molecule has 2 amide bonds. The van der Waals surface area contributed by atoms with Crippen molar-refractivity contribution in [2.45, 2.75) is 13.8 Å². The molecule has 0 bridgehead atoms. The molecule has 122 valence electrons. The molecular formula is C18H23N3O2. The molecule has 0 aliphatic carbocycles. The van der Waals surface area contributed by atoms with E-state index < -0.39 is 11.8 Å². The zero-order chi connectivity index (χ0) is 16.7. The zero-order valence-corrected chi connectivity index (χ0v) is 13.6. The molecule has 0 saturated heterocycles. The third-order valence-electron chi connectivity index (χ3n) is 3.82. The van der Waals surface area contributed by atoms with Crippen molar-refractivity contribution in [3.8, 4) is 0 Å². The molecule has 0 heterocycles. The van der Waals surface area contributed by atoms with Crippen LogP contribution in [0.4, 0.5) is 5.69 Å². The summed E-state index contributed by atoms with van der Waals surface area (Å²) in [5.41, 5.74) is 0.618. The minimum absolute atomic E-state index is 0.464. The number of amides is 2. The van der Waals surface area contributed by atoms with Gasteiger partial charge in [0.05, 0.1) is 0 Å². The lowest BCUT2D eigenvalue weighted by atomic mass is 10.1. The molecule has 0 fully saturated rings. The van der Waals surface area contributed by atoms with E-state index in [9.17, 15) is 9.59 Å². The average molecular weight is 313 g/mol. The number of benzene rings is 2. The van der Waals surface area contributed by atoms with Crippen molar-refractivity contribution < 1.29 is 9.59 Å². The Morgan fingerprint density at radius 1 is 0.957 bits per heavy atom. The maximum atomic E-state index is 11.9. The maximum absolute atomic E-state index is 11.9. The molecule has 0 spiro atoms. The van der Waals surface area contributed by atoms with Gasteiger partial charge in [-0.05, 0) is 36.0 Å². The number of rotatable bonds is 6. The fraction of sp³-hybridized carbons (Fsp3) is 0.333. The summed E-state index contributed by atoms with van der Waals surface area (Å²) in [6, 6.07) is 13.4. The predicted octanol–water partition coefficient (Wildman–Crippen LogP) is 2.24. The van der Waals surface area contributed by atoms with Gasteiger partial charge in [0.15, 0.2) is 0 Å². The zero-order valence-electron chi connectivity index (χ0n) is 13.6. The highest BCUT2D eigenvalue weighted by Gasteiger charge is 2.13. The summed E-state index contributed by atoms with van der Waals surface area (Å²) in [5, 5.41) is 7.39. The Morgan fingerprint density at radius 2 is 1.65 bits per heavy atom. The molecule has 23 heavy (non-hydrogen) atoms. The van der Waals surface area contributed by atoms with Crippen LogP contribution in [0.15, 0.2) is 42.5 Å². The summed E-state index contributed by atoms with van der Waals surface area (Å²) in [6.07, 6.45) is 0. The summed E-state index contributed by atoms with van der Waals surface area (Å²) in [4.78, 5) is 25.9. The second kappa shape index (κ2) is 8.29. The van der Waals surface area contributed by atoms with Crippen molar-refractivity contribution in [1.82, 2.24) is 10.2 Å². The Labute approximate surface area is 136 Å². The minimum Gasteiger partial charge on any atom is -0.347 e. The number of hydrogen-bond donors (Lipinski definition) is 2. The Kier molecular flexibility index (Phi) is 6.11. The summed E-state index contributed by atoms with van der Waals surface area (Å²) >= 11 is 0. The third-order valence-corrected chi connectivity index (χ3v) is 3.82. The van der Waals surface area contributed by atoms with Gasteiger partial charge >= 0.3 is 11.8 Å². The standard InChI is InChI=1S/C18H23N3O2/c1-3-21(4-2)12-11-19-17(22)18(23)20-16-10-9-14-7-5-6-8-15(14)13-16/h5-10,13H,3-4,11-12H2,1-2H3,(H,19,22)(H,20,23). The molecule has 2 N–H and O–H groups in total. The fourth-order valence-corrected chi connectivity index (χ4v) is 2.40. The number of carbonyl (C=O) groups is 2. The topological polar surface area (TPSA) is 61.4 Å². The van der Waals surface area contributed by atoms with Crippen LogP contribution in [0.3, 0.4) is 0 Å². The Balaban J connectivity index is 1.88. The first-order valence-corrected chi connectivity index (χ1v) is 7.94. The van der Waals surface area contributed by atoms with Crippen LogP contribution in [0, 0.1) is 0 Å². The van der Waals surface area contributed by atoms with Crippen LogP contribution >= 0.6 is 0 Å². The summed E-state index contributed by atoms with van der Waals surface area (Å²) in [7, 11) is 0. The molecule has 0 aliphatic heterocycles. The smallest absolute Gasteiger partial charge is 0.313 e. The van der Waals surface area contributed by atoms with Gasteiger partial charge in [-0.15, -0.1) is 0 Å². The molecule has 2 aromatic carbocycles. The van der Waals surface area contributed by atoms with E-state index in [2.05, 4.69) is 29.4 Å². The van der Waals surface area contributed by atoms with Gasteiger partial charge in [-0.1, -0.05) is 44.2 Å². The first-order valence-electron chi connectivity index (χ1n) is 7.94. The lowest BCUT2D eigenvalue weighted by Gasteiger charge is -2.17. The van der Waals surface area contributed by atoms with Crippen LogP contribution in [-0.2, 0) is 9.59 Å². The SMILES string of the molecule is CCN(CC)CCNC(=O)C(=O)Nc1ccc2ccccc2c1. The second-order valence-corrected chi connectivity index (χ2v) is 5.30. The number of carbonyl (C=O) groups excluding carboxylic acids is 2. The molecule has 5 nitrogen and oxygen atoms in total. The van der Waals surface area contributed by atoms with E-state index >= 15 is 0 Å². The van der Waals surface area contributed by atoms with Gasteiger partial charge in [-0.2, -0.15) is 0 Å². The first-order chi connectivity index (χ1) is 11.1. The Bertz CT molecular complexity index is 681. The van der Waals surface area contributed by atoms with E-state index in [0.717, 1.165) is 30.4 Å². The highest BCUT2D eigenvalue weighted by molar-refractivity contribution is 6.39. The van der Waals surface area contributed by atoms with Gasteiger partial charge in [0.25, 0.3) is 0 Å². The quantitative estimate of drug-likeness (QED) is 0.804. The molecule has 5 heteroatoms. The Hall–Kier alpha value is -2.40. The maximum Gasteiger partial charge on any atom is 0.313 e. The third kappa shape index (κ3) is 4.79. The van der Waals surface area contributed by atoms with Gasteiger partial charge < -0.3 is 15.5 Å². The molecular weight excluding hydrogens is 290 g/mol. The summed E-state index contributed by atoms with van der Waals surface area (Å²) in [6.45, 7) is 7.19. The van der Waals surface area contributed by atoms with E-state index in [1.165, 1.54) is 0 Å². The van der Waals surface area contributed by atoms with Crippen LogP contribution in [0.25, 0.3) is 10.8 Å². The van der Waals surface area contributed by atoms with Gasteiger partial charge in [-0.3, -0.25) is 9.59 Å². The molecule has 2 aromatic rings. The van der Waals surface area contributed by atoms with E-state index in [-0.39, 0.29) is 0 Å². The van der Waals surface area contributed by atoms with Crippen molar-refractivity contribution in [3.05, 3.63) is 42.5 Å². The number of hydrogen-bond acceptors (Lipinski definition) is 3. The molecule has 0 radical (unpaired) electrons. The molecule has 0 aromatic heterocycles. The number of nitrogens with zero attached hydrogens (tertiary/aromatic N) is 1. The highest BCUT2D eigenvalue weighted by Crippen LogP contribution is 2.18. The molecule has 2 rings (SSSR count). The number of likely N-dealkylation sites (N-methyl/N-ethyl adjacent to an activating group) is 1. The molecule has 0 aliphatic rings. The lowest BCUT2D eigenvalue weighted by molar-refractivity contribution is -0.136. The molecule has 0 saturated carbocycles. The van der Waals surface area contributed by atoms with Gasteiger partial charge in [0.2, 0.25) is 0 Å². The molecule has 0 unspecified atom stereocenters. The van der Waals surface area contributed by atoms with E-state index in [0.29, 0.717) is 12.2 Å². The van der Waals surface area contributed by atoms with Crippen LogP contribution < -0.4 is 10.6 Å². The van der Waals surface area contributed by atoms with Crippen molar-refractivity contribution in [3.63, 3.8) is 0 Å². The van der Waals surface area contributed by atoms with Crippen molar-refractivity contribution in [1.29, 1.82) is 0 Å². The van der Waals surface area contributed by atoms with Crippen LogP contribution in [-0.4, -0.2) is 42.9 Å². The lowest BCUT2D eigenvalue weighted by Crippen LogP contribution is -2.40. The van der Waals surface area contributed by atoms with Gasteiger partial charge in [0, 0.05) is 18.8 Å². The van der Waals surface area contributed by atoms with Gasteiger partial charge in [0.1, 0.15) is 0 Å². The number of fused-ring (bicyclic) bond motifs is 1. The van der Waals surface area contributed by atoms with Crippen LogP contribution in [0.2, 0.25) is 0 Å². The van der Waals surface area contributed by atoms with Crippen LogP contribution in [0.5, 0.6) is 0 Å². The fourth-order valence-electron chi connectivity index (χ4n) is 2.40. The monoisotopic (exact) mass is 313 g/mol. The van der Waals surface area contributed by atoms with E-state index in [1.807, 2.05) is 36.4 Å². The summed E-state index contributed by atoms with van der Waals surface area (Å²) < 4.78 is 0. The average Bonchev–Trinajstić information content (AvgIpc) is 2.58. The van der Waals surface area contributed by atoms with Crippen molar-refractivity contribution in [2.24, 2.45) is 0 Å². The number of nitrogens with one attached hydrogen (secondary N) is 2. The highest BCUT2D eigenvalue weighted by atomic mass is 16.2. The minimum atomic E-state index is -0.639. The predicted molar refractivity (Wildman–Crippen MR) is 93.4 cm³/mol. The van der Waals surface area contributed by atoms with E-state index in [4.69, 9.17) is 0 Å². The van der Waals surface area contributed by atoms with Crippen molar-refractivity contribution >= 4 is 28.3 Å². The first kappa shape index (κ1) is 17.0. The van der Waals surface area contributed by atoms with Crippen LogP contribution in [0.1, 0.15) is 13.8 Å². The van der Waals surface area contributed by atoms with E-state index in [1.54, 1.807) is 6.07 Å². The van der Waals surface area contributed by atoms with Crippen molar-refractivity contribution in [2.75, 3.05) is 31.5 Å². The summed E-state index contributed by atoms with van der Waals surface area (Å²) in [5.74, 6) is -1.25. The number of anilines is 1. The largest absolute Gasteiger partial charge is 0.347 e. The van der Waals surface area contributed by atoms with Gasteiger partial charge in [-0.25, -0.2) is 0 Å².